The van der Waals surface area contributed by atoms with Crippen molar-refractivity contribution >= 4 is 40.8 Å². The lowest BCUT2D eigenvalue weighted by atomic mass is 10.1. The molecule has 5 rings (SSSR count). The number of carbonyl (C=O) groups is 2. The number of piperidine rings is 1. The minimum Gasteiger partial charge on any atom is -0.444 e. The number of hydrogen-bond donors (Lipinski definition) is 3. The molecule has 234 valence electrons. The Morgan fingerprint density at radius 2 is 1.89 bits per heavy atom. The molecule has 1 aromatic carbocycles. The fraction of sp³-hybridized carbons (Fsp3) is 0.452. The van der Waals surface area contributed by atoms with E-state index in [-0.39, 0.29) is 18.0 Å². The highest BCUT2D eigenvalue weighted by atomic mass is 16.6. The van der Waals surface area contributed by atoms with E-state index >= 15 is 0 Å². The molecule has 13 heteroatoms. The van der Waals surface area contributed by atoms with Gasteiger partial charge in [0.25, 0.3) is 0 Å². The molecule has 0 radical (unpaired) electrons. The zero-order chi connectivity index (χ0) is 31.1. The van der Waals surface area contributed by atoms with Gasteiger partial charge >= 0.3 is 6.09 Å². The minimum absolute atomic E-state index is 0.179. The normalized spacial score (nSPS) is 15.9. The number of rotatable bonds is 9. The third kappa shape index (κ3) is 8.25. The van der Waals surface area contributed by atoms with Crippen molar-refractivity contribution in [2.45, 2.75) is 51.8 Å². The van der Waals surface area contributed by atoms with Crippen LogP contribution in [0.15, 0.2) is 55.5 Å². The summed E-state index contributed by atoms with van der Waals surface area (Å²) in [6, 6.07) is 7.80. The van der Waals surface area contributed by atoms with Gasteiger partial charge in [0, 0.05) is 44.6 Å². The first-order chi connectivity index (χ1) is 21.2. The maximum Gasteiger partial charge on any atom is 0.410 e. The van der Waals surface area contributed by atoms with Gasteiger partial charge in [0.15, 0.2) is 5.82 Å². The summed E-state index contributed by atoms with van der Waals surface area (Å²) in [5, 5.41) is 14.1. The molecule has 3 N–H and O–H groups in total. The van der Waals surface area contributed by atoms with Crippen molar-refractivity contribution in [1.29, 1.82) is 0 Å². The van der Waals surface area contributed by atoms with Gasteiger partial charge in [-0.05, 0) is 57.4 Å². The van der Waals surface area contributed by atoms with Gasteiger partial charge < -0.3 is 35.2 Å². The predicted octanol–water partition coefficient (Wildman–Crippen LogP) is 4.56. The molecule has 0 saturated carbocycles. The predicted molar refractivity (Wildman–Crippen MR) is 169 cm³/mol. The maximum atomic E-state index is 12.4. The molecule has 2 aromatic heterocycles. The van der Waals surface area contributed by atoms with Gasteiger partial charge in [0.2, 0.25) is 11.9 Å². The number of hydrogen-bond acceptors (Lipinski definition) is 10. The van der Waals surface area contributed by atoms with Crippen molar-refractivity contribution in [1.82, 2.24) is 24.6 Å². The molecule has 0 spiro atoms. The molecule has 2 aliphatic rings. The van der Waals surface area contributed by atoms with E-state index in [4.69, 9.17) is 14.5 Å². The molecule has 2 aliphatic heterocycles. The Kier molecular flexibility index (Phi) is 9.63. The Labute approximate surface area is 257 Å². The number of aromatic nitrogens is 4. The van der Waals surface area contributed by atoms with Crippen LogP contribution in [0.3, 0.4) is 0 Å². The van der Waals surface area contributed by atoms with Crippen molar-refractivity contribution in [3.63, 3.8) is 0 Å². The monoisotopic (exact) mass is 603 g/mol. The molecule has 0 aliphatic carbocycles. The molecule has 13 nitrogen and oxygen atoms in total. The third-order valence-corrected chi connectivity index (χ3v) is 7.31. The number of benzene rings is 1. The number of nitrogens with zero attached hydrogens (tertiary/aromatic N) is 6. The van der Waals surface area contributed by atoms with Gasteiger partial charge in [-0.2, -0.15) is 10.1 Å². The summed E-state index contributed by atoms with van der Waals surface area (Å²) in [6.45, 7) is 13.6. The standard InChI is InChI=1S/C31H41N9O4/c1-5-27(41)35-23-8-6-7-22(17-23)18-32-28-26(38-13-15-43-16-14-38)20-33-29(37-28)36-24-19-34-40(21-24)25-9-11-39(12-10-25)30(42)44-31(2,3)4/h5-8,17,19-21,25H,1,9-16,18H2,2-4H3,(H,35,41)(H2,32,33,36,37). The number of anilines is 5. The Balaban J connectivity index is 1.25. The summed E-state index contributed by atoms with van der Waals surface area (Å²) in [4.78, 5) is 37.6. The number of nitrogens with one attached hydrogen (secondary N) is 3. The fourth-order valence-electron chi connectivity index (χ4n) is 5.11. The van der Waals surface area contributed by atoms with Crippen LogP contribution in [0.5, 0.6) is 0 Å². The number of amides is 2. The highest BCUT2D eigenvalue weighted by molar-refractivity contribution is 5.98. The molecule has 2 saturated heterocycles. The van der Waals surface area contributed by atoms with Crippen LogP contribution in [-0.4, -0.2) is 81.6 Å². The van der Waals surface area contributed by atoms with Crippen LogP contribution in [0, 0.1) is 0 Å². The zero-order valence-corrected chi connectivity index (χ0v) is 25.6. The average molecular weight is 604 g/mol. The zero-order valence-electron chi connectivity index (χ0n) is 25.6. The molecular formula is C31H41N9O4. The van der Waals surface area contributed by atoms with Crippen LogP contribution in [0.2, 0.25) is 0 Å². The third-order valence-electron chi connectivity index (χ3n) is 7.31. The van der Waals surface area contributed by atoms with Crippen LogP contribution < -0.4 is 20.9 Å². The second-order valence-corrected chi connectivity index (χ2v) is 11.8. The van der Waals surface area contributed by atoms with Crippen molar-refractivity contribution in [3.8, 4) is 0 Å². The van der Waals surface area contributed by atoms with Gasteiger partial charge in [-0.3, -0.25) is 9.48 Å². The second kappa shape index (κ2) is 13.8. The fourth-order valence-corrected chi connectivity index (χ4v) is 5.11. The average Bonchev–Trinajstić information content (AvgIpc) is 3.48. The smallest absolute Gasteiger partial charge is 0.410 e. The summed E-state index contributed by atoms with van der Waals surface area (Å²) in [7, 11) is 0. The molecule has 44 heavy (non-hydrogen) atoms. The van der Waals surface area contributed by atoms with Crippen LogP contribution in [-0.2, 0) is 20.8 Å². The van der Waals surface area contributed by atoms with E-state index < -0.39 is 5.60 Å². The number of likely N-dealkylation sites (tertiary alicyclic amines) is 1. The minimum atomic E-state index is -0.510. The van der Waals surface area contributed by atoms with Crippen molar-refractivity contribution in [3.05, 3.63) is 61.1 Å². The Morgan fingerprint density at radius 1 is 1.11 bits per heavy atom. The molecule has 3 aromatic rings. The largest absolute Gasteiger partial charge is 0.444 e. The first-order valence-electron chi connectivity index (χ1n) is 14.9. The number of carbonyl (C=O) groups excluding carboxylic acids is 2. The van der Waals surface area contributed by atoms with Crippen LogP contribution in [0.1, 0.15) is 45.2 Å². The Hall–Kier alpha value is -4.65. The summed E-state index contributed by atoms with van der Waals surface area (Å²) in [6.07, 6.45) is 8.08. The molecular weight excluding hydrogens is 562 g/mol. The topological polar surface area (TPSA) is 139 Å². The second-order valence-electron chi connectivity index (χ2n) is 11.8. The number of ether oxygens (including phenoxy) is 2. The van der Waals surface area contributed by atoms with Gasteiger partial charge in [0.1, 0.15) is 5.60 Å². The van der Waals surface area contributed by atoms with Crippen LogP contribution >= 0.6 is 0 Å². The number of morpholine rings is 1. The van der Waals surface area contributed by atoms with E-state index in [2.05, 4.69) is 37.5 Å². The van der Waals surface area contributed by atoms with E-state index in [1.807, 2.05) is 62.1 Å². The molecule has 2 amide bonds. The molecule has 4 heterocycles. The Bertz CT molecular complexity index is 1450. The SMILES string of the molecule is C=CC(=O)Nc1cccc(CNc2nc(Nc3cnn(C4CCN(C(=O)OC(C)(C)C)CC4)c3)ncc2N2CCOCC2)c1. The maximum absolute atomic E-state index is 12.4. The van der Waals surface area contributed by atoms with E-state index in [1.54, 1.807) is 11.1 Å². The summed E-state index contributed by atoms with van der Waals surface area (Å²) in [5.41, 5.74) is 2.83. The quantitative estimate of drug-likeness (QED) is 0.298. The van der Waals surface area contributed by atoms with Gasteiger partial charge in [-0.25, -0.2) is 9.78 Å². The van der Waals surface area contributed by atoms with Gasteiger partial charge in [-0.15, -0.1) is 0 Å². The van der Waals surface area contributed by atoms with Gasteiger partial charge in [0.05, 0.1) is 43.0 Å². The van der Waals surface area contributed by atoms with E-state index in [1.165, 1.54) is 6.08 Å². The summed E-state index contributed by atoms with van der Waals surface area (Å²) >= 11 is 0. The van der Waals surface area contributed by atoms with E-state index in [0.717, 1.165) is 42.9 Å². The van der Waals surface area contributed by atoms with Crippen LogP contribution in [0.25, 0.3) is 0 Å². The highest BCUT2D eigenvalue weighted by Gasteiger charge is 2.28. The highest BCUT2D eigenvalue weighted by Crippen LogP contribution is 2.28. The first-order valence-corrected chi connectivity index (χ1v) is 14.9. The summed E-state index contributed by atoms with van der Waals surface area (Å²) in [5.74, 6) is 0.869. The van der Waals surface area contributed by atoms with Gasteiger partial charge in [-0.1, -0.05) is 18.7 Å². The molecule has 2 fully saturated rings. The van der Waals surface area contributed by atoms with E-state index in [0.29, 0.717) is 50.3 Å². The Morgan fingerprint density at radius 3 is 2.61 bits per heavy atom. The molecule has 0 atom stereocenters. The van der Waals surface area contributed by atoms with Crippen molar-refractivity contribution < 1.29 is 19.1 Å². The lowest BCUT2D eigenvalue weighted by Gasteiger charge is -2.33. The van der Waals surface area contributed by atoms with Crippen LogP contribution in [0.4, 0.5) is 33.6 Å². The first kappa shape index (κ1) is 30.8. The molecule has 0 bridgehead atoms. The molecule has 0 unspecified atom stereocenters. The van der Waals surface area contributed by atoms with Crippen molar-refractivity contribution in [2.75, 3.05) is 60.2 Å². The van der Waals surface area contributed by atoms with E-state index in [9.17, 15) is 9.59 Å². The lowest BCUT2D eigenvalue weighted by molar-refractivity contribution is -0.111. The lowest BCUT2D eigenvalue weighted by Crippen LogP contribution is -2.42. The van der Waals surface area contributed by atoms with Crippen molar-refractivity contribution in [2.24, 2.45) is 0 Å². The summed E-state index contributed by atoms with van der Waals surface area (Å²) < 4.78 is 13.0.